The predicted molar refractivity (Wildman–Crippen MR) is 196 cm³/mol. The third kappa shape index (κ3) is 8.93. The molecule has 13 atom stereocenters. The number of amides is 1. The van der Waals surface area contributed by atoms with E-state index in [1.807, 2.05) is 44.5 Å². The molecule has 4 heterocycles. The number of hydrogen-bond acceptors (Lipinski definition) is 14. The van der Waals surface area contributed by atoms with Crippen molar-refractivity contribution < 1.29 is 48.0 Å². The maximum absolute atomic E-state index is 14.6. The number of ether oxygens (including phenoxy) is 5. The lowest BCUT2D eigenvalue weighted by atomic mass is 9.73. The van der Waals surface area contributed by atoms with Gasteiger partial charge in [-0.3, -0.25) is 14.4 Å². The second-order valence-electron chi connectivity index (χ2n) is 15.8. The molecule has 15 nitrogen and oxygen atoms in total. The highest BCUT2D eigenvalue weighted by atomic mass is 32.2. The van der Waals surface area contributed by atoms with Crippen molar-refractivity contribution in [3.63, 3.8) is 0 Å². The maximum atomic E-state index is 14.6. The van der Waals surface area contributed by atoms with Gasteiger partial charge in [-0.25, -0.2) is 4.79 Å². The Kier molecular flexibility index (Phi) is 14.2. The molecule has 1 aromatic rings. The van der Waals surface area contributed by atoms with E-state index in [-0.39, 0.29) is 37.3 Å². The summed E-state index contributed by atoms with van der Waals surface area (Å²) in [6, 6.07) is -1.06. The van der Waals surface area contributed by atoms with E-state index in [1.165, 1.54) is 25.8 Å². The van der Waals surface area contributed by atoms with E-state index >= 15 is 0 Å². The molecule has 0 bridgehead atoms. The molecular weight excluding hydrogens is 706 g/mol. The molecule has 3 aliphatic rings. The van der Waals surface area contributed by atoms with E-state index in [9.17, 15) is 24.3 Å². The molecule has 3 fully saturated rings. The minimum atomic E-state index is -1.39. The first kappa shape index (κ1) is 43.1. The summed E-state index contributed by atoms with van der Waals surface area (Å²) in [4.78, 5) is 59.9. The van der Waals surface area contributed by atoms with Gasteiger partial charge in [0.25, 0.3) is 0 Å². The van der Waals surface area contributed by atoms with Gasteiger partial charge >= 0.3 is 12.1 Å². The molecule has 0 aromatic carbocycles. The summed E-state index contributed by atoms with van der Waals surface area (Å²) in [5, 5.41) is 20.2. The van der Waals surface area contributed by atoms with E-state index in [0.29, 0.717) is 18.6 Å². The van der Waals surface area contributed by atoms with Gasteiger partial charge in [-0.2, -0.15) is 0 Å². The van der Waals surface area contributed by atoms with Crippen molar-refractivity contribution in [3.05, 3.63) is 6.33 Å². The van der Waals surface area contributed by atoms with Crippen molar-refractivity contribution in [1.29, 1.82) is 0 Å². The van der Waals surface area contributed by atoms with Crippen LogP contribution in [-0.4, -0.2) is 141 Å². The first-order chi connectivity index (χ1) is 24.8. The number of nitrogens with zero attached hydrogens (tertiary/aromatic N) is 5. The zero-order valence-electron chi connectivity index (χ0n) is 33.4. The van der Waals surface area contributed by atoms with Crippen LogP contribution in [0.15, 0.2) is 11.5 Å². The summed E-state index contributed by atoms with van der Waals surface area (Å²) in [5.74, 6) is -4.30. The lowest BCUT2D eigenvalue weighted by Gasteiger charge is -2.47. The first-order valence-corrected chi connectivity index (χ1v) is 19.7. The van der Waals surface area contributed by atoms with Crippen LogP contribution in [0.4, 0.5) is 4.79 Å². The van der Waals surface area contributed by atoms with Crippen molar-refractivity contribution in [2.45, 2.75) is 140 Å². The van der Waals surface area contributed by atoms with E-state index in [0.717, 1.165) is 5.16 Å². The number of Topliss-reactive ketones (excluding diaryl/α,β-unsaturated/α-hetero) is 2. The Hall–Kier alpha value is -2.63. The SMILES string of the molecule is CC[C@H]1OC(=O)[C@H](C)C(=O)[C@H](C)[C@@H](O[C@@H]2O[C@H](C)C[C@H](N(C)C)[C@H]2O)[C@@](C)(OC)C[C@@H](C)C(=O)[C@H](C)C2N(CCCSc3nncn3C)C(=O)O[C@@]21C. The van der Waals surface area contributed by atoms with Gasteiger partial charge in [-0.1, -0.05) is 39.5 Å². The Morgan fingerprint density at radius 1 is 1.08 bits per heavy atom. The third-order valence-electron chi connectivity index (χ3n) is 11.6. The summed E-state index contributed by atoms with van der Waals surface area (Å²) in [6.45, 7) is 14.2. The number of aromatic nitrogens is 3. The predicted octanol–water partition coefficient (Wildman–Crippen LogP) is 3.50. The van der Waals surface area contributed by atoms with Crippen LogP contribution < -0.4 is 0 Å². The van der Waals surface area contributed by atoms with Crippen LogP contribution in [0.2, 0.25) is 0 Å². The molecule has 300 valence electrons. The molecule has 0 aliphatic carbocycles. The van der Waals surface area contributed by atoms with E-state index in [2.05, 4.69) is 10.2 Å². The second kappa shape index (κ2) is 17.4. The van der Waals surface area contributed by atoms with Crippen LogP contribution in [0.25, 0.3) is 0 Å². The van der Waals surface area contributed by atoms with E-state index in [4.69, 9.17) is 23.7 Å². The van der Waals surface area contributed by atoms with Gasteiger partial charge in [0.2, 0.25) is 0 Å². The lowest BCUT2D eigenvalue weighted by molar-refractivity contribution is -0.295. The number of aliphatic hydroxyl groups excluding tert-OH is 1. The number of rotatable bonds is 10. The fraction of sp³-hybridized carbons (Fsp3) is 0.838. The maximum Gasteiger partial charge on any atom is 0.410 e. The number of methoxy groups -OCH3 is 1. The number of fused-ring (bicyclic) bond motifs is 1. The molecule has 1 N–H and O–H groups in total. The number of carbonyl (C=O) groups is 4. The number of carbonyl (C=O) groups excluding carboxylic acids is 4. The molecule has 1 unspecified atom stereocenters. The van der Waals surface area contributed by atoms with E-state index in [1.54, 1.807) is 45.8 Å². The lowest BCUT2D eigenvalue weighted by Crippen LogP contribution is -2.60. The van der Waals surface area contributed by atoms with Crippen molar-refractivity contribution in [1.82, 2.24) is 24.6 Å². The van der Waals surface area contributed by atoms with Gasteiger partial charge in [0, 0.05) is 50.3 Å². The van der Waals surface area contributed by atoms with Crippen molar-refractivity contribution in [3.8, 4) is 0 Å². The smallest absolute Gasteiger partial charge is 0.410 e. The molecule has 53 heavy (non-hydrogen) atoms. The third-order valence-corrected chi connectivity index (χ3v) is 12.7. The number of hydrogen-bond donors (Lipinski definition) is 1. The Labute approximate surface area is 318 Å². The topological polar surface area (TPSA) is 172 Å². The minimum Gasteiger partial charge on any atom is -0.458 e. The summed E-state index contributed by atoms with van der Waals surface area (Å²) < 4.78 is 32.9. The number of aryl methyl sites for hydroxylation is 1. The number of esters is 1. The average Bonchev–Trinajstić information content (AvgIpc) is 3.64. The number of aliphatic hydroxyl groups is 1. The minimum absolute atomic E-state index is 0.132. The Balaban J connectivity index is 1.72. The molecular formula is C37H61N5O10S. The molecule has 4 rings (SSSR count). The zero-order valence-corrected chi connectivity index (χ0v) is 34.3. The standard InChI is InChI=1S/C37H61N5O10S/c1-13-26-37(8)30(42(35(47)52-37)15-14-16-53-34-39-38-19-41(34)11)22(4)27(43)20(2)18-36(7,48-12)31(23(5)28(44)24(6)32(46)50-26)51-33-29(45)25(40(9)10)17-21(3)49-33/h19-26,29-31,33,45H,13-18H2,1-12H3/t20-,21-,22+,23+,24-,25+,26-,29-,30?,31-,33+,36+,37-/m1/s1. The highest BCUT2D eigenvalue weighted by Crippen LogP contribution is 2.43. The van der Waals surface area contributed by atoms with E-state index < -0.39 is 83.4 Å². The number of cyclic esters (lactones) is 1. The Morgan fingerprint density at radius 2 is 1.75 bits per heavy atom. The summed E-state index contributed by atoms with van der Waals surface area (Å²) >= 11 is 1.50. The number of likely N-dealkylation sites (N-methyl/N-ethyl adjacent to an activating group) is 1. The van der Waals surface area contributed by atoms with Crippen molar-refractivity contribution in [2.24, 2.45) is 30.7 Å². The van der Waals surface area contributed by atoms with Gasteiger partial charge in [0.1, 0.15) is 30.2 Å². The highest BCUT2D eigenvalue weighted by Gasteiger charge is 2.60. The Bertz CT molecular complexity index is 1460. The molecule has 0 spiro atoms. The summed E-state index contributed by atoms with van der Waals surface area (Å²) in [7, 11) is 7.09. The van der Waals surface area contributed by atoms with Crippen LogP contribution in [0, 0.1) is 23.7 Å². The van der Waals surface area contributed by atoms with Gasteiger partial charge in [-0.05, 0) is 67.5 Å². The number of ketones is 2. The molecule has 3 aliphatic heterocycles. The molecule has 0 radical (unpaired) electrons. The quantitative estimate of drug-likeness (QED) is 0.159. The molecule has 3 saturated heterocycles. The molecule has 1 aromatic heterocycles. The monoisotopic (exact) mass is 767 g/mol. The van der Waals surface area contributed by atoms with Crippen LogP contribution in [0.1, 0.15) is 81.1 Å². The van der Waals surface area contributed by atoms with Crippen LogP contribution in [0.3, 0.4) is 0 Å². The molecule has 1 amide bonds. The fourth-order valence-corrected chi connectivity index (χ4v) is 9.32. The van der Waals surface area contributed by atoms with Gasteiger partial charge in [-0.15, -0.1) is 10.2 Å². The van der Waals surface area contributed by atoms with Crippen molar-refractivity contribution in [2.75, 3.05) is 33.5 Å². The van der Waals surface area contributed by atoms with Crippen molar-refractivity contribution >= 4 is 35.4 Å². The largest absolute Gasteiger partial charge is 0.458 e. The molecule has 16 heteroatoms. The summed E-state index contributed by atoms with van der Waals surface area (Å²) in [5.41, 5.74) is -2.65. The van der Waals surface area contributed by atoms with Crippen LogP contribution >= 0.6 is 11.8 Å². The van der Waals surface area contributed by atoms with Gasteiger partial charge in [0.05, 0.1) is 23.9 Å². The zero-order chi connectivity index (χ0) is 39.6. The Morgan fingerprint density at radius 3 is 2.34 bits per heavy atom. The van der Waals surface area contributed by atoms with Crippen LogP contribution in [-0.2, 0) is 45.1 Å². The average molecular weight is 768 g/mol. The highest BCUT2D eigenvalue weighted by molar-refractivity contribution is 7.99. The molecule has 0 saturated carbocycles. The fourth-order valence-electron chi connectivity index (χ4n) is 8.51. The van der Waals surface area contributed by atoms with Crippen LogP contribution in [0.5, 0.6) is 0 Å². The normalized spacial score (nSPS) is 39.1. The number of thioether (sulfide) groups is 1. The summed E-state index contributed by atoms with van der Waals surface area (Å²) in [6.07, 6.45) is -1.85. The van der Waals surface area contributed by atoms with Gasteiger partial charge < -0.3 is 43.2 Å². The first-order valence-electron chi connectivity index (χ1n) is 18.8. The van der Waals surface area contributed by atoms with Gasteiger partial charge in [0.15, 0.2) is 22.8 Å². The second-order valence-corrected chi connectivity index (χ2v) is 16.9.